The van der Waals surface area contributed by atoms with Crippen molar-refractivity contribution in [3.63, 3.8) is 0 Å². The van der Waals surface area contributed by atoms with Gasteiger partial charge in [0.15, 0.2) is 5.96 Å². The van der Waals surface area contributed by atoms with Gasteiger partial charge in [-0.2, -0.15) is 13.2 Å². The van der Waals surface area contributed by atoms with Crippen LogP contribution in [0.1, 0.15) is 43.2 Å². The van der Waals surface area contributed by atoms with Crippen molar-refractivity contribution in [2.45, 2.75) is 38.3 Å². The number of halogens is 4. The molecule has 1 aromatic rings. The second-order valence-corrected chi connectivity index (χ2v) is 6.55. The quantitative estimate of drug-likeness (QED) is 0.182. The predicted octanol–water partition coefficient (Wildman–Crippen LogP) is 4.43. The minimum atomic E-state index is -4.31. The van der Waals surface area contributed by atoms with Gasteiger partial charge >= 0.3 is 6.18 Å². The zero-order valence-electron chi connectivity index (χ0n) is 17.3. The minimum absolute atomic E-state index is 0. The van der Waals surface area contributed by atoms with E-state index in [1.54, 1.807) is 20.2 Å². The molecular formula is C20H33F3IN3O2. The lowest BCUT2D eigenvalue weighted by Crippen LogP contribution is -2.38. The number of hydrogen-bond acceptors (Lipinski definition) is 3. The molecule has 0 fully saturated rings. The molecule has 0 heterocycles. The normalized spacial score (nSPS) is 13.0. The number of guanidine groups is 1. The zero-order valence-corrected chi connectivity index (χ0v) is 19.7. The maximum atomic E-state index is 12.8. The van der Waals surface area contributed by atoms with Crippen molar-refractivity contribution in [3.05, 3.63) is 35.4 Å². The van der Waals surface area contributed by atoms with Crippen LogP contribution in [0.3, 0.4) is 0 Å². The fourth-order valence-electron chi connectivity index (χ4n) is 2.60. The van der Waals surface area contributed by atoms with E-state index in [4.69, 9.17) is 9.47 Å². The van der Waals surface area contributed by atoms with Gasteiger partial charge in [-0.05, 0) is 36.8 Å². The molecule has 0 saturated carbocycles. The number of alkyl halides is 3. The van der Waals surface area contributed by atoms with E-state index in [9.17, 15) is 13.2 Å². The Morgan fingerprint density at radius 2 is 1.83 bits per heavy atom. The predicted molar refractivity (Wildman–Crippen MR) is 121 cm³/mol. The number of rotatable bonds is 12. The summed E-state index contributed by atoms with van der Waals surface area (Å²) in [6, 6.07) is 5.53. The minimum Gasteiger partial charge on any atom is -0.382 e. The summed E-state index contributed by atoms with van der Waals surface area (Å²) in [5.41, 5.74) is 0.0847. The number of methoxy groups -OCH3 is 1. The van der Waals surface area contributed by atoms with Crippen LogP contribution in [0, 0.1) is 0 Å². The molecule has 1 aromatic carbocycles. The second-order valence-electron chi connectivity index (χ2n) is 6.55. The molecule has 1 atom stereocenters. The van der Waals surface area contributed by atoms with Crippen LogP contribution in [0.25, 0.3) is 0 Å². The number of benzene rings is 1. The topological polar surface area (TPSA) is 54.9 Å². The Balaban J connectivity index is 0.00000784. The largest absolute Gasteiger partial charge is 0.416 e. The Morgan fingerprint density at radius 3 is 2.48 bits per heavy atom. The molecule has 0 spiro atoms. The van der Waals surface area contributed by atoms with Gasteiger partial charge in [0.25, 0.3) is 0 Å². The molecule has 0 aliphatic rings. The molecule has 0 amide bonds. The molecule has 9 heteroatoms. The third-order valence-corrected chi connectivity index (χ3v) is 4.32. The van der Waals surface area contributed by atoms with Gasteiger partial charge in [-0.1, -0.05) is 25.1 Å². The Hall–Kier alpha value is -1.07. The summed E-state index contributed by atoms with van der Waals surface area (Å²) in [5, 5.41) is 6.43. The van der Waals surface area contributed by atoms with Gasteiger partial charge < -0.3 is 20.1 Å². The van der Waals surface area contributed by atoms with E-state index >= 15 is 0 Å². The molecule has 2 N–H and O–H groups in total. The monoisotopic (exact) mass is 531 g/mol. The summed E-state index contributed by atoms with van der Waals surface area (Å²) in [5.74, 6) is 0.702. The van der Waals surface area contributed by atoms with Crippen molar-refractivity contribution in [1.82, 2.24) is 10.6 Å². The lowest BCUT2D eigenvalue weighted by atomic mass is 9.96. The number of nitrogens with zero attached hydrogens (tertiary/aromatic N) is 1. The first-order valence-corrected chi connectivity index (χ1v) is 9.56. The highest BCUT2D eigenvalue weighted by molar-refractivity contribution is 14.0. The van der Waals surface area contributed by atoms with Crippen LogP contribution in [-0.4, -0.2) is 53.0 Å². The summed E-state index contributed by atoms with van der Waals surface area (Å²) >= 11 is 0. The van der Waals surface area contributed by atoms with Crippen LogP contribution in [0.15, 0.2) is 29.3 Å². The zero-order chi connectivity index (χ0) is 20.8. The first-order valence-electron chi connectivity index (χ1n) is 9.56. The number of ether oxygens (including phenoxy) is 2. The van der Waals surface area contributed by atoms with Crippen molar-refractivity contribution in [2.75, 3.05) is 47.1 Å². The maximum absolute atomic E-state index is 12.8. The molecule has 0 aliphatic carbocycles. The lowest BCUT2D eigenvalue weighted by molar-refractivity contribution is -0.137. The van der Waals surface area contributed by atoms with E-state index in [2.05, 4.69) is 15.6 Å². The highest BCUT2D eigenvalue weighted by Gasteiger charge is 2.30. The van der Waals surface area contributed by atoms with Crippen molar-refractivity contribution < 1.29 is 22.6 Å². The molecule has 0 bridgehead atoms. The number of hydrogen-bond donors (Lipinski definition) is 2. The highest BCUT2D eigenvalue weighted by atomic mass is 127. The van der Waals surface area contributed by atoms with Gasteiger partial charge in [0.2, 0.25) is 0 Å². The van der Waals surface area contributed by atoms with Crippen molar-refractivity contribution >= 4 is 29.9 Å². The Bertz CT molecular complexity index is 586. The van der Waals surface area contributed by atoms with Gasteiger partial charge in [0.1, 0.15) is 0 Å². The van der Waals surface area contributed by atoms with Gasteiger partial charge in [-0.25, -0.2) is 0 Å². The Kier molecular flexibility index (Phi) is 15.1. The molecule has 5 nitrogen and oxygen atoms in total. The third-order valence-electron chi connectivity index (χ3n) is 4.32. The fourth-order valence-corrected chi connectivity index (χ4v) is 2.60. The smallest absolute Gasteiger partial charge is 0.382 e. The van der Waals surface area contributed by atoms with Crippen molar-refractivity contribution in [3.8, 4) is 0 Å². The van der Waals surface area contributed by atoms with Crippen molar-refractivity contribution in [2.24, 2.45) is 4.99 Å². The van der Waals surface area contributed by atoms with E-state index in [1.807, 2.05) is 6.92 Å². The van der Waals surface area contributed by atoms with Crippen LogP contribution in [0.4, 0.5) is 13.2 Å². The van der Waals surface area contributed by atoms with E-state index in [0.29, 0.717) is 44.3 Å². The van der Waals surface area contributed by atoms with Gasteiger partial charge in [0.05, 0.1) is 18.8 Å². The molecule has 0 aromatic heterocycles. The average molecular weight is 531 g/mol. The van der Waals surface area contributed by atoms with E-state index < -0.39 is 11.7 Å². The van der Waals surface area contributed by atoms with Gasteiger partial charge in [-0.3, -0.25) is 4.99 Å². The lowest BCUT2D eigenvalue weighted by Gasteiger charge is -2.16. The number of nitrogens with one attached hydrogen (secondary N) is 2. The highest BCUT2D eigenvalue weighted by Crippen LogP contribution is 2.31. The molecular weight excluding hydrogens is 498 g/mol. The Labute approximate surface area is 188 Å². The molecule has 1 rings (SSSR count). The number of unbranched alkanes of at least 4 members (excludes halogenated alkanes) is 1. The van der Waals surface area contributed by atoms with Gasteiger partial charge in [-0.15, -0.1) is 24.0 Å². The summed E-state index contributed by atoms with van der Waals surface area (Å²) in [6.07, 6.45) is -1.71. The molecule has 29 heavy (non-hydrogen) atoms. The van der Waals surface area contributed by atoms with Crippen LogP contribution in [0.2, 0.25) is 0 Å². The molecule has 168 valence electrons. The van der Waals surface area contributed by atoms with E-state index in [1.165, 1.54) is 12.1 Å². The molecule has 0 saturated heterocycles. The number of aliphatic imine (C=N–C) groups is 1. The van der Waals surface area contributed by atoms with Crippen LogP contribution in [0.5, 0.6) is 0 Å². The van der Waals surface area contributed by atoms with E-state index in [-0.39, 0.29) is 29.9 Å². The summed E-state index contributed by atoms with van der Waals surface area (Å²) in [7, 11) is 3.34. The first kappa shape index (κ1) is 27.9. The summed E-state index contributed by atoms with van der Waals surface area (Å²) < 4.78 is 48.8. The molecule has 0 radical (unpaired) electrons. The van der Waals surface area contributed by atoms with E-state index in [0.717, 1.165) is 25.5 Å². The average Bonchev–Trinajstić information content (AvgIpc) is 2.67. The summed E-state index contributed by atoms with van der Waals surface area (Å²) in [4.78, 5) is 4.16. The van der Waals surface area contributed by atoms with Gasteiger partial charge in [0, 0.05) is 33.9 Å². The van der Waals surface area contributed by atoms with Crippen LogP contribution < -0.4 is 10.6 Å². The third kappa shape index (κ3) is 12.3. The molecule has 0 aliphatic heterocycles. The fraction of sp³-hybridized carbons (Fsp3) is 0.650. The molecule has 1 unspecified atom stereocenters. The van der Waals surface area contributed by atoms with Crippen molar-refractivity contribution in [1.29, 1.82) is 0 Å². The maximum Gasteiger partial charge on any atom is 0.416 e. The standard InChI is InChI=1S/C20H32F3N3O2.HI/c1-16(17-7-6-8-18(15-17)20(21,22)23)9-11-26-19(24-2)25-10-4-5-12-28-14-13-27-3;/h6-8,15-16H,4-5,9-14H2,1-3H3,(H2,24,25,26);1H. The van der Waals surface area contributed by atoms with Crippen LogP contribution in [-0.2, 0) is 15.7 Å². The first-order chi connectivity index (χ1) is 13.4. The Morgan fingerprint density at radius 1 is 1.10 bits per heavy atom. The SMILES string of the molecule is CN=C(NCCCCOCCOC)NCCC(C)c1cccc(C(F)(F)F)c1.I. The second kappa shape index (κ2) is 15.7. The summed E-state index contributed by atoms with van der Waals surface area (Å²) in [6.45, 7) is 5.24. The van der Waals surface area contributed by atoms with Crippen LogP contribution >= 0.6 is 24.0 Å².